The Hall–Kier alpha value is -1.28. The number of nitrogens with zero attached hydrogens (tertiary/aromatic N) is 1. The van der Waals surface area contributed by atoms with Gasteiger partial charge in [0, 0.05) is 11.8 Å². The molecule has 6 nitrogen and oxygen atoms in total. The normalized spacial score (nSPS) is 18.2. The quantitative estimate of drug-likeness (QED) is 0.770. The number of rotatable bonds is 5. The zero-order chi connectivity index (χ0) is 15.2. The fourth-order valence-electron chi connectivity index (χ4n) is 2.12. The largest absolute Gasteiger partial charge is 0.477 e. The van der Waals surface area contributed by atoms with Gasteiger partial charge in [-0.2, -0.15) is 11.8 Å². The van der Waals surface area contributed by atoms with Crippen LogP contribution >= 0.6 is 23.1 Å². The third kappa shape index (κ3) is 4.89. The molecule has 1 aromatic heterocycles. The number of carbonyl (C=O) groups excluding carboxylic acids is 1. The van der Waals surface area contributed by atoms with Crippen molar-refractivity contribution in [2.24, 2.45) is 0 Å². The highest BCUT2D eigenvalue weighted by atomic mass is 32.2. The standard InChI is InChI=1S/C13H19N3O3S2/c1-8-11(12(17)18)21-10(16-8)7-15-13(19)14-6-9-4-2-3-5-20-9/h9H,2-7H2,1H3,(H,17,18)(H2,14,15,19). The summed E-state index contributed by atoms with van der Waals surface area (Å²) in [4.78, 5) is 27.0. The Morgan fingerprint density at radius 1 is 1.38 bits per heavy atom. The molecule has 1 aromatic rings. The van der Waals surface area contributed by atoms with Crippen LogP contribution in [0.5, 0.6) is 0 Å². The molecule has 0 aliphatic carbocycles. The van der Waals surface area contributed by atoms with Crippen molar-refractivity contribution in [2.45, 2.75) is 38.0 Å². The summed E-state index contributed by atoms with van der Waals surface area (Å²) >= 11 is 3.01. The molecule has 1 aliphatic heterocycles. The van der Waals surface area contributed by atoms with Gasteiger partial charge < -0.3 is 15.7 Å². The molecule has 1 unspecified atom stereocenters. The van der Waals surface area contributed by atoms with E-state index in [1.54, 1.807) is 6.92 Å². The van der Waals surface area contributed by atoms with Crippen LogP contribution < -0.4 is 10.6 Å². The number of carboxylic acids is 1. The van der Waals surface area contributed by atoms with Crippen molar-refractivity contribution >= 4 is 35.1 Å². The van der Waals surface area contributed by atoms with Gasteiger partial charge in [-0.05, 0) is 25.5 Å². The second kappa shape index (κ2) is 7.65. The van der Waals surface area contributed by atoms with E-state index in [4.69, 9.17) is 5.11 Å². The molecule has 8 heteroatoms. The lowest BCUT2D eigenvalue weighted by molar-refractivity contribution is 0.0701. The number of aromatic carboxylic acids is 1. The number of carboxylic acid groups (broad SMARTS) is 1. The van der Waals surface area contributed by atoms with E-state index in [1.807, 2.05) is 11.8 Å². The first-order chi connectivity index (χ1) is 10.1. The van der Waals surface area contributed by atoms with E-state index in [0.29, 0.717) is 22.5 Å². The lowest BCUT2D eigenvalue weighted by Gasteiger charge is -2.21. The lowest BCUT2D eigenvalue weighted by Crippen LogP contribution is -2.39. The number of carbonyl (C=O) groups is 2. The third-order valence-electron chi connectivity index (χ3n) is 3.20. The van der Waals surface area contributed by atoms with Crippen LogP contribution in [0, 0.1) is 6.92 Å². The Morgan fingerprint density at radius 2 is 2.19 bits per heavy atom. The summed E-state index contributed by atoms with van der Waals surface area (Å²) in [5, 5.41) is 15.6. The topological polar surface area (TPSA) is 91.3 Å². The van der Waals surface area contributed by atoms with E-state index < -0.39 is 5.97 Å². The van der Waals surface area contributed by atoms with Gasteiger partial charge in [0.05, 0.1) is 12.2 Å². The first-order valence-electron chi connectivity index (χ1n) is 6.89. The van der Waals surface area contributed by atoms with Crippen molar-refractivity contribution in [3.63, 3.8) is 0 Å². The highest BCUT2D eigenvalue weighted by molar-refractivity contribution is 7.99. The van der Waals surface area contributed by atoms with Gasteiger partial charge in [0.15, 0.2) is 0 Å². The molecule has 21 heavy (non-hydrogen) atoms. The van der Waals surface area contributed by atoms with Crippen LogP contribution in [-0.4, -0.2) is 39.6 Å². The van der Waals surface area contributed by atoms with Crippen LogP contribution in [-0.2, 0) is 6.54 Å². The summed E-state index contributed by atoms with van der Waals surface area (Å²) in [5.74, 6) is 0.194. The van der Waals surface area contributed by atoms with Gasteiger partial charge in [-0.1, -0.05) is 6.42 Å². The maximum absolute atomic E-state index is 11.7. The average molecular weight is 329 g/mol. The van der Waals surface area contributed by atoms with Crippen LogP contribution in [0.25, 0.3) is 0 Å². The predicted molar refractivity (Wildman–Crippen MR) is 84.1 cm³/mol. The Kier molecular flexibility index (Phi) is 5.86. The minimum absolute atomic E-state index is 0.228. The average Bonchev–Trinajstić information content (AvgIpc) is 2.85. The maximum atomic E-state index is 11.7. The zero-order valence-electron chi connectivity index (χ0n) is 11.8. The molecule has 2 heterocycles. The molecule has 2 amide bonds. The molecule has 1 atom stereocenters. The van der Waals surface area contributed by atoms with Crippen molar-refractivity contribution < 1.29 is 14.7 Å². The van der Waals surface area contributed by atoms with Crippen LogP contribution in [0.1, 0.15) is 39.6 Å². The Labute approximate surface area is 131 Å². The first-order valence-corrected chi connectivity index (χ1v) is 8.75. The predicted octanol–water partition coefficient (Wildman–Crippen LogP) is 2.23. The number of thiazole rings is 1. The second-order valence-electron chi connectivity index (χ2n) is 4.88. The van der Waals surface area contributed by atoms with Crippen LogP contribution in [0.3, 0.4) is 0 Å². The third-order valence-corrected chi connectivity index (χ3v) is 5.74. The molecular weight excluding hydrogens is 310 g/mol. The minimum atomic E-state index is -0.977. The molecule has 0 bridgehead atoms. The summed E-state index contributed by atoms with van der Waals surface area (Å²) in [7, 11) is 0. The molecule has 1 saturated heterocycles. The van der Waals surface area contributed by atoms with E-state index in [9.17, 15) is 9.59 Å². The van der Waals surface area contributed by atoms with Crippen LogP contribution in [0.4, 0.5) is 4.79 Å². The van der Waals surface area contributed by atoms with E-state index in [1.165, 1.54) is 18.6 Å². The second-order valence-corrected chi connectivity index (χ2v) is 7.37. The van der Waals surface area contributed by atoms with Gasteiger partial charge in [-0.3, -0.25) is 0 Å². The highest BCUT2D eigenvalue weighted by Crippen LogP contribution is 2.24. The number of aryl methyl sites for hydroxylation is 1. The van der Waals surface area contributed by atoms with Crippen molar-refractivity contribution in [3.05, 3.63) is 15.6 Å². The van der Waals surface area contributed by atoms with E-state index in [-0.39, 0.29) is 17.5 Å². The fraction of sp³-hybridized carbons (Fsp3) is 0.615. The van der Waals surface area contributed by atoms with Gasteiger partial charge in [0.1, 0.15) is 9.88 Å². The minimum Gasteiger partial charge on any atom is -0.477 e. The number of nitrogens with one attached hydrogen (secondary N) is 2. The molecule has 0 radical (unpaired) electrons. The number of thioether (sulfide) groups is 1. The molecule has 1 fully saturated rings. The summed E-state index contributed by atoms with van der Waals surface area (Å²) in [6.45, 7) is 2.58. The number of hydrogen-bond acceptors (Lipinski definition) is 5. The lowest BCUT2D eigenvalue weighted by atomic mass is 10.2. The first kappa shape index (κ1) is 16.1. The van der Waals surface area contributed by atoms with Gasteiger partial charge in [-0.15, -0.1) is 11.3 Å². The van der Waals surface area contributed by atoms with Gasteiger partial charge in [0.2, 0.25) is 0 Å². The highest BCUT2D eigenvalue weighted by Gasteiger charge is 2.16. The molecule has 2 rings (SSSR count). The Bertz CT molecular complexity index is 513. The number of urea groups is 1. The molecule has 1 aliphatic rings. The van der Waals surface area contributed by atoms with Crippen molar-refractivity contribution in [2.75, 3.05) is 12.3 Å². The molecule has 0 saturated carbocycles. The number of hydrogen-bond donors (Lipinski definition) is 3. The van der Waals surface area contributed by atoms with Gasteiger partial charge in [0.25, 0.3) is 0 Å². The van der Waals surface area contributed by atoms with Crippen LogP contribution in [0.2, 0.25) is 0 Å². The molecule has 3 N–H and O–H groups in total. The smallest absolute Gasteiger partial charge is 0.347 e. The maximum Gasteiger partial charge on any atom is 0.347 e. The van der Waals surface area contributed by atoms with E-state index in [2.05, 4.69) is 15.6 Å². The van der Waals surface area contributed by atoms with Crippen molar-refractivity contribution in [1.29, 1.82) is 0 Å². The zero-order valence-corrected chi connectivity index (χ0v) is 13.5. The van der Waals surface area contributed by atoms with Gasteiger partial charge >= 0.3 is 12.0 Å². The molecule has 116 valence electrons. The Balaban J connectivity index is 1.73. The molecule has 0 aromatic carbocycles. The summed E-state index contributed by atoms with van der Waals surface area (Å²) < 4.78 is 0. The SMILES string of the molecule is Cc1nc(CNC(=O)NCC2CCCCS2)sc1C(=O)O. The van der Waals surface area contributed by atoms with Crippen LogP contribution in [0.15, 0.2) is 0 Å². The summed E-state index contributed by atoms with van der Waals surface area (Å²) in [5.41, 5.74) is 0.489. The van der Waals surface area contributed by atoms with Crippen molar-refractivity contribution in [1.82, 2.24) is 15.6 Å². The molecular formula is C13H19N3O3S2. The summed E-state index contributed by atoms with van der Waals surface area (Å²) in [6, 6.07) is -0.231. The van der Waals surface area contributed by atoms with Crippen molar-refractivity contribution in [3.8, 4) is 0 Å². The molecule has 0 spiro atoms. The van der Waals surface area contributed by atoms with E-state index in [0.717, 1.165) is 17.8 Å². The Morgan fingerprint density at radius 3 is 2.81 bits per heavy atom. The van der Waals surface area contributed by atoms with Gasteiger partial charge in [-0.25, -0.2) is 14.6 Å². The fourth-order valence-corrected chi connectivity index (χ4v) is 4.20. The number of amides is 2. The van der Waals surface area contributed by atoms with E-state index >= 15 is 0 Å². The number of aromatic nitrogens is 1. The monoisotopic (exact) mass is 329 g/mol. The summed E-state index contributed by atoms with van der Waals surface area (Å²) in [6.07, 6.45) is 3.65.